The van der Waals surface area contributed by atoms with Crippen molar-refractivity contribution in [2.24, 2.45) is 0 Å². The van der Waals surface area contributed by atoms with Crippen LogP contribution in [-0.2, 0) is 4.74 Å². The van der Waals surface area contributed by atoms with E-state index in [1.165, 1.54) is 6.07 Å². The lowest BCUT2D eigenvalue weighted by Crippen LogP contribution is -2.19. The summed E-state index contributed by atoms with van der Waals surface area (Å²) in [6.07, 6.45) is 2.26. The predicted octanol–water partition coefficient (Wildman–Crippen LogP) is 2.60. The van der Waals surface area contributed by atoms with Crippen molar-refractivity contribution in [2.75, 3.05) is 23.8 Å². The fourth-order valence-electron chi connectivity index (χ4n) is 2.34. The molecular formula is C16H16F2N4O2. The molecule has 8 heteroatoms. The summed E-state index contributed by atoms with van der Waals surface area (Å²) < 4.78 is 31.5. The molecule has 1 aliphatic rings. The molecule has 1 atom stereocenters. The zero-order chi connectivity index (χ0) is 16.9. The number of hydrogen-bond acceptors (Lipinski definition) is 5. The summed E-state index contributed by atoms with van der Waals surface area (Å²) in [6.45, 7) is 1.43. The number of benzene rings is 1. The molecule has 0 aliphatic carbocycles. The molecule has 2 aromatic rings. The van der Waals surface area contributed by atoms with Crippen LogP contribution in [0.15, 0.2) is 30.3 Å². The first kappa shape index (κ1) is 16.3. The number of ether oxygens (including phenoxy) is 1. The molecule has 0 bridgehead atoms. The van der Waals surface area contributed by atoms with E-state index in [2.05, 4.69) is 20.8 Å². The van der Waals surface area contributed by atoms with Gasteiger partial charge in [0.1, 0.15) is 5.82 Å². The fraction of sp³-hybridized carbons (Fsp3) is 0.312. The number of aromatic nitrogens is 2. The first-order valence-electron chi connectivity index (χ1n) is 7.57. The van der Waals surface area contributed by atoms with Gasteiger partial charge in [0.25, 0.3) is 5.91 Å². The van der Waals surface area contributed by atoms with Gasteiger partial charge in [-0.2, -0.15) is 0 Å². The van der Waals surface area contributed by atoms with Crippen molar-refractivity contribution in [3.8, 4) is 0 Å². The topological polar surface area (TPSA) is 76.1 Å². The number of halogens is 2. The quantitative estimate of drug-likeness (QED) is 0.879. The SMILES string of the molecule is O=C(Nc1ccc(NCC2CCCO2)nn1)c1ccc(F)c(F)c1. The van der Waals surface area contributed by atoms with E-state index in [9.17, 15) is 13.6 Å². The Kier molecular flexibility index (Phi) is 4.95. The van der Waals surface area contributed by atoms with Crippen molar-refractivity contribution in [1.82, 2.24) is 10.2 Å². The van der Waals surface area contributed by atoms with E-state index in [-0.39, 0.29) is 17.5 Å². The minimum Gasteiger partial charge on any atom is -0.376 e. The van der Waals surface area contributed by atoms with Crippen molar-refractivity contribution >= 4 is 17.5 Å². The lowest BCUT2D eigenvalue weighted by atomic mass is 10.2. The van der Waals surface area contributed by atoms with Crippen LogP contribution in [-0.4, -0.2) is 35.4 Å². The van der Waals surface area contributed by atoms with Gasteiger partial charge in [0, 0.05) is 18.7 Å². The third kappa shape index (κ3) is 4.02. The summed E-state index contributed by atoms with van der Waals surface area (Å²) in [5, 5.41) is 13.4. The maximum absolute atomic E-state index is 13.1. The molecule has 1 unspecified atom stereocenters. The highest BCUT2D eigenvalue weighted by Crippen LogP contribution is 2.14. The van der Waals surface area contributed by atoms with Crippen LogP contribution in [0, 0.1) is 11.6 Å². The number of hydrogen-bond donors (Lipinski definition) is 2. The average molecular weight is 334 g/mol. The van der Waals surface area contributed by atoms with Crippen LogP contribution in [0.3, 0.4) is 0 Å². The van der Waals surface area contributed by atoms with Crippen LogP contribution >= 0.6 is 0 Å². The molecule has 126 valence electrons. The van der Waals surface area contributed by atoms with Crippen LogP contribution in [0.4, 0.5) is 20.4 Å². The highest BCUT2D eigenvalue weighted by atomic mass is 19.2. The first-order chi connectivity index (χ1) is 11.6. The Morgan fingerprint density at radius 3 is 2.62 bits per heavy atom. The van der Waals surface area contributed by atoms with E-state index in [1.54, 1.807) is 12.1 Å². The van der Waals surface area contributed by atoms with Gasteiger partial charge in [-0.1, -0.05) is 0 Å². The highest BCUT2D eigenvalue weighted by molar-refractivity contribution is 6.03. The Balaban J connectivity index is 1.56. The molecule has 2 N–H and O–H groups in total. The van der Waals surface area contributed by atoms with Gasteiger partial charge in [0.05, 0.1) is 6.10 Å². The number of carbonyl (C=O) groups excluding carboxylic acids is 1. The second-order valence-electron chi connectivity index (χ2n) is 5.40. The van der Waals surface area contributed by atoms with E-state index in [4.69, 9.17) is 4.74 Å². The normalized spacial score (nSPS) is 16.8. The second-order valence-corrected chi connectivity index (χ2v) is 5.40. The van der Waals surface area contributed by atoms with Crippen LogP contribution in [0.25, 0.3) is 0 Å². The van der Waals surface area contributed by atoms with E-state index in [0.717, 1.165) is 31.6 Å². The van der Waals surface area contributed by atoms with E-state index in [0.29, 0.717) is 12.4 Å². The zero-order valence-electron chi connectivity index (χ0n) is 12.8. The summed E-state index contributed by atoms with van der Waals surface area (Å²) in [4.78, 5) is 12.0. The number of rotatable bonds is 5. The fourth-order valence-corrected chi connectivity index (χ4v) is 2.34. The molecule has 3 rings (SSSR count). The molecule has 1 saturated heterocycles. The molecular weight excluding hydrogens is 318 g/mol. The molecule has 0 radical (unpaired) electrons. The summed E-state index contributed by atoms with van der Waals surface area (Å²) >= 11 is 0. The van der Waals surface area contributed by atoms with Crippen LogP contribution in [0.2, 0.25) is 0 Å². The van der Waals surface area contributed by atoms with Gasteiger partial charge in [-0.25, -0.2) is 8.78 Å². The maximum Gasteiger partial charge on any atom is 0.256 e. The van der Waals surface area contributed by atoms with Crippen molar-refractivity contribution in [3.63, 3.8) is 0 Å². The van der Waals surface area contributed by atoms with Crippen LogP contribution < -0.4 is 10.6 Å². The summed E-state index contributed by atoms with van der Waals surface area (Å²) in [5.41, 5.74) is -0.00344. The first-order valence-corrected chi connectivity index (χ1v) is 7.57. The number of carbonyl (C=O) groups is 1. The van der Waals surface area contributed by atoms with E-state index >= 15 is 0 Å². The van der Waals surface area contributed by atoms with Gasteiger partial charge in [-0.15, -0.1) is 10.2 Å². The number of amides is 1. The van der Waals surface area contributed by atoms with Gasteiger partial charge >= 0.3 is 0 Å². The van der Waals surface area contributed by atoms with E-state index in [1.807, 2.05) is 0 Å². The van der Waals surface area contributed by atoms with Crippen LogP contribution in [0.1, 0.15) is 23.2 Å². The Morgan fingerprint density at radius 2 is 1.96 bits per heavy atom. The number of nitrogens with one attached hydrogen (secondary N) is 2. The Labute approximate surface area is 137 Å². The van der Waals surface area contributed by atoms with Crippen molar-refractivity contribution in [1.29, 1.82) is 0 Å². The standard InChI is InChI=1S/C16H16F2N4O2/c17-12-4-3-10(8-13(12)18)16(23)20-15-6-5-14(21-22-15)19-9-11-2-1-7-24-11/h3-6,8,11H,1-2,7,9H2,(H,19,21)(H,20,22,23). The van der Waals surface area contributed by atoms with Crippen molar-refractivity contribution in [2.45, 2.75) is 18.9 Å². The number of anilines is 2. The zero-order valence-corrected chi connectivity index (χ0v) is 12.8. The molecule has 0 spiro atoms. The Bertz CT molecular complexity index is 719. The summed E-state index contributed by atoms with van der Waals surface area (Å²) in [7, 11) is 0. The third-order valence-corrected chi connectivity index (χ3v) is 3.62. The highest BCUT2D eigenvalue weighted by Gasteiger charge is 2.15. The largest absolute Gasteiger partial charge is 0.376 e. The van der Waals surface area contributed by atoms with Gasteiger partial charge in [-0.3, -0.25) is 4.79 Å². The monoisotopic (exact) mass is 334 g/mol. The summed E-state index contributed by atoms with van der Waals surface area (Å²) in [6, 6.07) is 6.16. The lowest BCUT2D eigenvalue weighted by Gasteiger charge is -2.11. The molecule has 1 amide bonds. The molecule has 24 heavy (non-hydrogen) atoms. The molecule has 0 saturated carbocycles. The minimum absolute atomic E-state index is 0.00344. The molecule has 1 aromatic heterocycles. The smallest absolute Gasteiger partial charge is 0.256 e. The van der Waals surface area contributed by atoms with Gasteiger partial charge < -0.3 is 15.4 Å². The minimum atomic E-state index is -1.08. The summed E-state index contributed by atoms with van der Waals surface area (Å²) in [5.74, 6) is -1.90. The maximum atomic E-state index is 13.1. The lowest BCUT2D eigenvalue weighted by molar-refractivity contribution is 0.102. The van der Waals surface area contributed by atoms with E-state index < -0.39 is 17.5 Å². The predicted molar refractivity (Wildman–Crippen MR) is 83.8 cm³/mol. The third-order valence-electron chi connectivity index (χ3n) is 3.62. The molecule has 1 aliphatic heterocycles. The molecule has 6 nitrogen and oxygen atoms in total. The van der Waals surface area contributed by atoms with Crippen molar-refractivity contribution < 1.29 is 18.3 Å². The Hall–Kier alpha value is -2.61. The average Bonchev–Trinajstić information content (AvgIpc) is 3.10. The van der Waals surface area contributed by atoms with Gasteiger partial charge in [0.2, 0.25) is 0 Å². The number of nitrogens with zero attached hydrogens (tertiary/aromatic N) is 2. The molecule has 1 fully saturated rings. The molecule has 1 aromatic carbocycles. The van der Waals surface area contributed by atoms with Crippen LogP contribution in [0.5, 0.6) is 0 Å². The second kappa shape index (κ2) is 7.31. The van der Waals surface area contributed by atoms with Crippen molar-refractivity contribution in [3.05, 3.63) is 47.5 Å². The Morgan fingerprint density at radius 1 is 1.17 bits per heavy atom. The molecule has 2 heterocycles. The van der Waals surface area contributed by atoms with Gasteiger partial charge in [-0.05, 0) is 43.2 Å². The van der Waals surface area contributed by atoms with Gasteiger partial charge in [0.15, 0.2) is 17.5 Å².